The quantitative estimate of drug-likeness (QED) is 0.465. The molecular weight excluding hydrogens is 364 g/mol. The minimum absolute atomic E-state index is 0.154. The zero-order chi connectivity index (χ0) is 20.1. The van der Waals surface area contributed by atoms with Gasteiger partial charge in [0.25, 0.3) is 11.8 Å². The van der Waals surface area contributed by atoms with Crippen molar-refractivity contribution in [3.63, 3.8) is 0 Å². The van der Waals surface area contributed by atoms with E-state index in [2.05, 4.69) is 4.74 Å². The van der Waals surface area contributed by atoms with Crippen molar-refractivity contribution < 1.29 is 28.7 Å². The van der Waals surface area contributed by atoms with Crippen molar-refractivity contribution in [3.8, 4) is 5.75 Å². The first-order valence-corrected chi connectivity index (χ1v) is 8.25. The molecule has 1 saturated heterocycles. The van der Waals surface area contributed by atoms with Gasteiger partial charge < -0.3 is 9.47 Å². The van der Waals surface area contributed by atoms with E-state index in [9.17, 15) is 19.2 Å². The van der Waals surface area contributed by atoms with Gasteiger partial charge in [-0.25, -0.2) is 9.59 Å². The zero-order valence-corrected chi connectivity index (χ0v) is 14.9. The van der Waals surface area contributed by atoms with Crippen LogP contribution in [-0.4, -0.2) is 30.9 Å². The molecule has 1 fully saturated rings. The first-order chi connectivity index (χ1) is 13.5. The van der Waals surface area contributed by atoms with Crippen molar-refractivity contribution in [3.05, 3.63) is 70.8 Å². The molecule has 8 heteroatoms. The van der Waals surface area contributed by atoms with E-state index in [-0.39, 0.29) is 5.57 Å². The van der Waals surface area contributed by atoms with E-state index >= 15 is 0 Å². The summed E-state index contributed by atoms with van der Waals surface area (Å²) in [5, 5.41) is 4.03. The topological polar surface area (TPSA) is 111 Å². The Kier molecular flexibility index (Phi) is 5.50. The van der Waals surface area contributed by atoms with Gasteiger partial charge >= 0.3 is 12.0 Å². The summed E-state index contributed by atoms with van der Waals surface area (Å²) in [6.07, 6.45) is 1.38. The number of benzene rings is 2. The highest BCUT2D eigenvalue weighted by atomic mass is 16.5. The molecule has 0 spiro atoms. The number of methoxy groups -OCH3 is 1. The van der Waals surface area contributed by atoms with Gasteiger partial charge in [0.1, 0.15) is 17.9 Å². The van der Waals surface area contributed by atoms with Crippen LogP contribution in [0.25, 0.3) is 6.08 Å². The fourth-order valence-electron chi connectivity index (χ4n) is 2.45. The first-order valence-electron chi connectivity index (χ1n) is 8.25. The van der Waals surface area contributed by atoms with Crippen molar-refractivity contribution in [1.29, 1.82) is 0 Å². The standard InChI is InChI=1S/C20H16N2O6/c1-27-19(25)14-6-2-13(3-7-14)11-28-15-8-4-12(5-9-15)10-16-17(23)21-20(26)22-18(16)24/h2-10H,11H2,1H3,(H2,21,22,23,24,26). The van der Waals surface area contributed by atoms with Crippen LogP contribution in [0.4, 0.5) is 4.79 Å². The Morgan fingerprint density at radius 2 is 1.54 bits per heavy atom. The summed E-state index contributed by atoms with van der Waals surface area (Å²) in [6.45, 7) is 0.300. The highest BCUT2D eigenvalue weighted by Gasteiger charge is 2.27. The Labute approximate surface area is 160 Å². The molecular formula is C20H16N2O6. The van der Waals surface area contributed by atoms with Gasteiger partial charge in [0, 0.05) is 0 Å². The van der Waals surface area contributed by atoms with Crippen LogP contribution in [0.1, 0.15) is 21.5 Å². The maximum Gasteiger partial charge on any atom is 0.337 e. The minimum Gasteiger partial charge on any atom is -0.489 e. The Morgan fingerprint density at radius 1 is 0.929 bits per heavy atom. The van der Waals surface area contributed by atoms with Gasteiger partial charge in [-0.2, -0.15) is 0 Å². The van der Waals surface area contributed by atoms with E-state index in [1.54, 1.807) is 48.5 Å². The van der Waals surface area contributed by atoms with Crippen molar-refractivity contribution in [2.24, 2.45) is 0 Å². The molecule has 142 valence electrons. The lowest BCUT2D eigenvalue weighted by Crippen LogP contribution is -2.51. The number of barbiturate groups is 1. The number of amides is 4. The summed E-state index contributed by atoms with van der Waals surface area (Å²) < 4.78 is 10.3. The molecule has 8 nitrogen and oxygen atoms in total. The van der Waals surface area contributed by atoms with E-state index in [1.807, 2.05) is 10.6 Å². The Bertz CT molecular complexity index is 939. The number of carbonyl (C=O) groups is 4. The van der Waals surface area contributed by atoms with Gasteiger partial charge in [0.15, 0.2) is 0 Å². The number of rotatable bonds is 5. The molecule has 0 saturated carbocycles. The summed E-state index contributed by atoms with van der Waals surface area (Å²) in [5.41, 5.74) is 1.78. The molecule has 3 rings (SSSR count). The van der Waals surface area contributed by atoms with E-state index in [1.165, 1.54) is 13.2 Å². The van der Waals surface area contributed by atoms with Crippen molar-refractivity contribution in [2.75, 3.05) is 7.11 Å². The summed E-state index contributed by atoms with van der Waals surface area (Å²) >= 11 is 0. The molecule has 0 radical (unpaired) electrons. The van der Waals surface area contributed by atoms with Crippen LogP contribution in [0.3, 0.4) is 0 Å². The van der Waals surface area contributed by atoms with E-state index in [0.717, 1.165) is 5.56 Å². The fraction of sp³-hybridized carbons (Fsp3) is 0.100. The van der Waals surface area contributed by atoms with Gasteiger partial charge in [-0.3, -0.25) is 20.2 Å². The first kappa shape index (κ1) is 18.8. The molecule has 1 aliphatic heterocycles. The number of hydrogen-bond donors (Lipinski definition) is 2. The van der Waals surface area contributed by atoms with Crippen molar-refractivity contribution in [2.45, 2.75) is 6.61 Å². The number of carbonyl (C=O) groups excluding carboxylic acids is 4. The molecule has 0 atom stereocenters. The number of ether oxygens (including phenoxy) is 2. The van der Waals surface area contributed by atoms with Crippen LogP contribution in [0.15, 0.2) is 54.1 Å². The molecule has 0 aliphatic carbocycles. The van der Waals surface area contributed by atoms with Crippen LogP contribution in [0.5, 0.6) is 5.75 Å². The molecule has 1 aliphatic rings. The lowest BCUT2D eigenvalue weighted by molar-refractivity contribution is -0.123. The zero-order valence-electron chi connectivity index (χ0n) is 14.9. The average molecular weight is 380 g/mol. The largest absolute Gasteiger partial charge is 0.489 e. The minimum atomic E-state index is -0.837. The molecule has 0 unspecified atom stereocenters. The van der Waals surface area contributed by atoms with Gasteiger partial charge in [-0.05, 0) is 41.5 Å². The van der Waals surface area contributed by atoms with Gasteiger partial charge in [0.05, 0.1) is 12.7 Å². The molecule has 0 bridgehead atoms. The van der Waals surface area contributed by atoms with Crippen molar-refractivity contribution >= 4 is 29.9 Å². The van der Waals surface area contributed by atoms with Gasteiger partial charge in [-0.15, -0.1) is 0 Å². The van der Waals surface area contributed by atoms with Gasteiger partial charge in [-0.1, -0.05) is 24.3 Å². The Balaban J connectivity index is 1.62. The molecule has 1 heterocycles. The normalized spacial score (nSPS) is 13.5. The predicted octanol–water partition coefficient (Wildman–Crippen LogP) is 1.80. The Morgan fingerprint density at radius 3 is 2.11 bits per heavy atom. The smallest absolute Gasteiger partial charge is 0.337 e. The third-order valence-corrected chi connectivity index (χ3v) is 3.92. The molecule has 2 aromatic rings. The second kappa shape index (κ2) is 8.17. The predicted molar refractivity (Wildman–Crippen MR) is 98.2 cm³/mol. The van der Waals surface area contributed by atoms with Crippen LogP contribution < -0.4 is 15.4 Å². The number of imide groups is 2. The average Bonchev–Trinajstić information content (AvgIpc) is 2.70. The second-order valence-electron chi connectivity index (χ2n) is 5.84. The highest BCUT2D eigenvalue weighted by Crippen LogP contribution is 2.17. The highest BCUT2D eigenvalue weighted by molar-refractivity contribution is 6.31. The fourth-order valence-corrected chi connectivity index (χ4v) is 2.45. The third kappa shape index (κ3) is 4.42. The molecule has 2 aromatic carbocycles. The van der Waals surface area contributed by atoms with Crippen LogP contribution in [0.2, 0.25) is 0 Å². The summed E-state index contributed by atoms with van der Waals surface area (Å²) in [6, 6.07) is 12.8. The monoisotopic (exact) mass is 380 g/mol. The summed E-state index contributed by atoms with van der Waals surface area (Å²) in [4.78, 5) is 45.9. The van der Waals surface area contributed by atoms with Crippen LogP contribution >= 0.6 is 0 Å². The Hall–Kier alpha value is -3.94. The number of hydrogen-bond acceptors (Lipinski definition) is 6. The van der Waals surface area contributed by atoms with E-state index in [0.29, 0.717) is 23.5 Å². The molecule has 0 aromatic heterocycles. The number of urea groups is 1. The number of esters is 1. The lowest BCUT2D eigenvalue weighted by atomic mass is 10.1. The molecule has 28 heavy (non-hydrogen) atoms. The summed E-state index contributed by atoms with van der Waals surface area (Å²) in [7, 11) is 1.32. The SMILES string of the molecule is COC(=O)c1ccc(COc2ccc(C=C3C(=O)NC(=O)NC3=O)cc2)cc1. The molecule has 4 amide bonds. The summed E-state index contributed by atoms with van der Waals surface area (Å²) in [5.74, 6) is -1.30. The van der Waals surface area contributed by atoms with E-state index in [4.69, 9.17) is 4.74 Å². The van der Waals surface area contributed by atoms with Gasteiger partial charge in [0.2, 0.25) is 0 Å². The number of nitrogens with one attached hydrogen (secondary N) is 2. The lowest BCUT2D eigenvalue weighted by Gasteiger charge is -2.14. The maximum absolute atomic E-state index is 11.7. The maximum atomic E-state index is 11.7. The van der Waals surface area contributed by atoms with Crippen molar-refractivity contribution in [1.82, 2.24) is 10.6 Å². The second-order valence-corrected chi connectivity index (χ2v) is 5.84. The molecule has 2 N–H and O–H groups in total. The van der Waals surface area contributed by atoms with Crippen LogP contribution in [0, 0.1) is 0 Å². The van der Waals surface area contributed by atoms with Crippen LogP contribution in [-0.2, 0) is 20.9 Å². The third-order valence-electron chi connectivity index (χ3n) is 3.92. The van der Waals surface area contributed by atoms with E-state index < -0.39 is 23.8 Å².